The molecule has 0 fully saturated rings. The maximum Gasteiger partial charge on any atom is 0.310 e. The van der Waals surface area contributed by atoms with Gasteiger partial charge in [-0.3, -0.25) is 9.89 Å². The Morgan fingerprint density at radius 2 is 2.12 bits per heavy atom. The van der Waals surface area contributed by atoms with Crippen LogP contribution in [0.3, 0.4) is 0 Å². The fourth-order valence-electron chi connectivity index (χ4n) is 2.45. The van der Waals surface area contributed by atoms with Crippen LogP contribution in [0.4, 0.5) is 5.82 Å². The van der Waals surface area contributed by atoms with Crippen LogP contribution in [0.2, 0.25) is 0 Å². The second kappa shape index (κ2) is 6.95. The standard InChI is InChI=1S/C16H17N5O3/c1-24-16(23)11(6-10-2-4-12(22)5-3-10)7-17-14-13-8-20-21-15(13)19-9-18-14/h2-5,8-9,11,22H,6-7H2,1H3,(H2,17,18,19,20,21). The van der Waals surface area contributed by atoms with Crippen LogP contribution < -0.4 is 5.32 Å². The zero-order valence-corrected chi connectivity index (χ0v) is 13.1. The second-order valence-electron chi connectivity index (χ2n) is 5.33. The van der Waals surface area contributed by atoms with E-state index in [4.69, 9.17) is 4.74 Å². The minimum absolute atomic E-state index is 0.190. The molecule has 0 saturated carbocycles. The van der Waals surface area contributed by atoms with Crippen LogP contribution >= 0.6 is 0 Å². The van der Waals surface area contributed by atoms with Crippen LogP contribution in [0, 0.1) is 5.92 Å². The Labute approximate surface area is 137 Å². The van der Waals surface area contributed by atoms with Crippen LogP contribution in [-0.4, -0.2) is 44.9 Å². The number of hydrogen-bond donors (Lipinski definition) is 3. The van der Waals surface area contributed by atoms with Gasteiger partial charge < -0.3 is 15.2 Å². The summed E-state index contributed by atoms with van der Waals surface area (Å²) >= 11 is 0. The molecule has 0 spiro atoms. The van der Waals surface area contributed by atoms with Gasteiger partial charge >= 0.3 is 5.97 Å². The number of hydrogen-bond acceptors (Lipinski definition) is 7. The lowest BCUT2D eigenvalue weighted by Gasteiger charge is -2.16. The highest BCUT2D eigenvalue weighted by Crippen LogP contribution is 2.19. The van der Waals surface area contributed by atoms with Gasteiger partial charge in [0.1, 0.15) is 17.9 Å². The van der Waals surface area contributed by atoms with Gasteiger partial charge in [0.15, 0.2) is 5.65 Å². The summed E-state index contributed by atoms with van der Waals surface area (Å²) in [7, 11) is 1.37. The Bertz CT molecular complexity index is 831. The molecule has 3 N–H and O–H groups in total. The number of ether oxygens (including phenoxy) is 1. The lowest BCUT2D eigenvalue weighted by molar-refractivity contribution is -0.144. The molecule has 0 bridgehead atoms. The summed E-state index contributed by atoms with van der Waals surface area (Å²) in [5, 5.41) is 20.0. The van der Waals surface area contributed by atoms with E-state index in [1.165, 1.54) is 13.4 Å². The van der Waals surface area contributed by atoms with Crippen LogP contribution in [0.25, 0.3) is 11.0 Å². The maximum atomic E-state index is 12.1. The Kier molecular flexibility index (Phi) is 4.55. The number of anilines is 1. The van der Waals surface area contributed by atoms with Gasteiger partial charge in [-0.1, -0.05) is 12.1 Å². The van der Waals surface area contributed by atoms with Crippen LogP contribution in [0.1, 0.15) is 5.56 Å². The molecule has 24 heavy (non-hydrogen) atoms. The number of esters is 1. The van der Waals surface area contributed by atoms with E-state index in [9.17, 15) is 9.90 Å². The molecule has 8 nitrogen and oxygen atoms in total. The zero-order valence-electron chi connectivity index (χ0n) is 13.1. The molecule has 8 heteroatoms. The summed E-state index contributed by atoms with van der Waals surface area (Å²) in [6.07, 6.45) is 3.54. The van der Waals surface area contributed by atoms with E-state index in [2.05, 4.69) is 25.5 Å². The number of carbonyl (C=O) groups excluding carboxylic acids is 1. The molecule has 2 heterocycles. The van der Waals surface area contributed by atoms with Gasteiger partial charge in [-0.05, 0) is 24.1 Å². The summed E-state index contributed by atoms with van der Waals surface area (Å²) in [5.74, 6) is 0.0905. The number of H-pyrrole nitrogens is 1. The number of phenols is 1. The summed E-state index contributed by atoms with van der Waals surface area (Å²) in [5.41, 5.74) is 1.56. The highest BCUT2D eigenvalue weighted by molar-refractivity contribution is 5.85. The summed E-state index contributed by atoms with van der Waals surface area (Å²) in [4.78, 5) is 20.3. The van der Waals surface area contributed by atoms with Crippen LogP contribution in [0.5, 0.6) is 5.75 Å². The van der Waals surface area contributed by atoms with Crippen molar-refractivity contribution in [1.82, 2.24) is 20.2 Å². The summed E-state index contributed by atoms with van der Waals surface area (Å²) < 4.78 is 4.89. The molecule has 1 unspecified atom stereocenters. The largest absolute Gasteiger partial charge is 0.508 e. The number of rotatable bonds is 6. The molecule has 124 valence electrons. The molecule has 0 saturated heterocycles. The second-order valence-corrected chi connectivity index (χ2v) is 5.33. The van der Waals surface area contributed by atoms with Gasteiger partial charge in [0.25, 0.3) is 0 Å². The third kappa shape index (κ3) is 3.43. The fraction of sp³-hybridized carbons (Fsp3) is 0.250. The molecule has 3 aromatic rings. The molecular formula is C16H17N5O3. The van der Waals surface area contributed by atoms with Crippen molar-refractivity contribution in [3.05, 3.63) is 42.4 Å². The summed E-state index contributed by atoms with van der Waals surface area (Å²) in [6.45, 7) is 0.352. The van der Waals surface area contributed by atoms with Gasteiger partial charge in [-0.15, -0.1) is 0 Å². The van der Waals surface area contributed by atoms with Crippen molar-refractivity contribution in [2.75, 3.05) is 19.0 Å². The molecule has 1 aromatic carbocycles. The molecule has 1 atom stereocenters. The van der Waals surface area contributed by atoms with Crippen LogP contribution in [0.15, 0.2) is 36.8 Å². The van der Waals surface area contributed by atoms with E-state index >= 15 is 0 Å². The molecule has 0 aliphatic heterocycles. The fourth-order valence-corrected chi connectivity index (χ4v) is 2.45. The van der Waals surface area contributed by atoms with Gasteiger partial charge in [-0.2, -0.15) is 5.10 Å². The molecule has 3 rings (SSSR count). The van der Waals surface area contributed by atoms with Gasteiger partial charge in [0.05, 0.1) is 24.6 Å². The first-order chi connectivity index (χ1) is 11.7. The van der Waals surface area contributed by atoms with Crippen molar-refractivity contribution in [2.24, 2.45) is 5.92 Å². The lowest BCUT2D eigenvalue weighted by atomic mass is 9.99. The van der Waals surface area contributed by atoms with E-state index in [-0.39, 0.29) is 11.7 Å². The normalized spacial score (nSPS) is 12.0. The van der Waals surface area contributed by atoms with Gasteiger partial charge in [0.2, 0.25) is 0 Å². The SMILES string of the molecule is COC(=O)C(CNc1ncnc2[nH]ncc12)Cc1ccc(O)cc1. The first-order valence-corrected chi connectivity index (χ1v) is 7.41. The number of methoxy groups -OCH3 is 1. The molecule has 0 aliphatic carbocycles. The first kappa shape index (κ1) is 15.7. The van der Waals surface area contributed by atoms with Crippen molar-refractivity contribution in [1.29, 1.82) is 0 Å². The smallest absolute Gasteiger partial charge is 0.310 e. The molecular weight excluding hydrogens is 310 g/mol. The lowest BCUT2D eigenvalue weighted by Crippen LogP contribution is -2.26. The van der Waals surface area contributed by atoms with Crippen molar-refractivity contribution < 1.29 is 14.6 Å². The number of aromatic amines is 1. The average molecular weight is 327 g/mol. The highest BCUT2D eigenvalue weighted by atomic mass is 16.5. The number of nitrogens with one attached hydrogen (secondary N) is 2. The third-order valence-corrected chi connectivity index (χ3v) is 3.72. The van der Waals surface area contributed by atoms with Crippen LogP contribution in [-0.2, 0) is 16.0 Å². The Morgan fingerprint density at radius 3 is 2.88 bits per heavy atom. The van der Waals surface area contributed by atoms with Gasteiger partial charge in [0, 0.05) is 6.54 Å². The van der Waals surface area contributed by atoms with E-state index in [1.807, 2.05) is 0 Å². The maximum absolute atomic E-state index is 12.1. The number of fused-ring (bicyclic) bond motifs is 1. The minimum Gasteiger partial charge on any atom is -0.508 e. The van der Waals surface area contributed by atoms with Crippen molar-refractivity contribution >= 4 is 22.8 Å². The minimum atomic E-state index is -0.392. The topological polar surface area (TPSA) is 113 Å². The van der Waals surface area contributed by atoms with E-state index in [0.29, 0.717) is 24.4 Å². The highest BCUT2D eigenvalue weighted by Gasteiger charge is 2.20. The monoisotopic (exact) mass is 327 g/mol. The Balaban J connectivity index is 1.73. The van der Waals surface area contributed by atoms with Crippen molar-refractivity contribution in [2.45, 2.75) is 6.42 Å². The average Bonchev–Trinajstić information content (AvgIpc) is 3.09. The summed E-state index contributed by atoms with van der Waals surface area (Å²) in [6, 6.07) is 6.75. The van der Waals surface area contributed by atoms with Crippen molar-refractivity contribution in [3.8, 4) is 5.75 Å². The number of aromatic nitrogens is 4. The molecule has 2 aromatic heterocycles. The first-order valence-electron chi connectivity index (χ1n) is 7.41. The predicted molar refractivity (Wildman–Crippen MR) is 87.5 cm³/mol. The number of nitrogens with zero attached hydrogens (tertiary/aromatic N) is 3. The van der Waals surface area contributed by atoms with E-state index in [1.54, 1.807) is 30.5 Å². The Morgan fingerprint density at radius 1 is 1.33 bits per heavy atom. The number of phenolic OH excluding ortho intramolecular Hbond substituents is 1. The zero-order chi connectivity index (χ0) is 16.9. The molecule has 0 aliphatic rings. The molecule has 0 amide bonds. The van der Waals surface area contributed by atoms with E-state index in [0.717, 1.165) is 10.9 Å². The molecule has 0 radical (unpaired) electrons. The van der Waals surface area contributed by atoms with Gasteiger partial charge in [-0.25, -0.2) is 9.97 Å². The predicted octanol–water partition coefficient (Wildman–Crippen LogP) is 1.50. The number of aromatic hydroxyl groups is 1. The number of carbonyl (C=O) groups is 1. The quantitative estimate of drug-likeness (QED) is 0.588. The number of benzene rings is 1. The van der Waals surface area contributed by atoms with Crippen molar-refractivity contribution in [3.63, 3.8) is 0 Å². The van der Waals surface area contributed by atoms with E-state index < -0.39 is 5.92 Å². The third-order valence-electron chi connectivity index (χ3n) is 3.72. The Hall–Kier alpha value is -3.16.